The molecule has 6 nitrogen and oxygen atoms in total. The third-order valence-corrected chi connectivity index (χ3v) is 6.48. The summed E-state index contributed by atoms with van der Waals surface area (Å²) in [6, 6.07) is 3.68. The summed E-state index contributed by atoms with van der Waals surface area (Å²) < 4.78 is 24.0. The molecule has 2 aliphatic rings. The normalized spacial score (nSPS) is 19.7. The lowest BCUT2D eigenvalue weighted by Gasteiger charge is -2.29. The van der Waals surface area contributed by atoms with Gasteiger partial charge in [-0.1, -0.05) is 38.2 Å². The van der Waals surface area contributed by atoms with E-state index in [4.69, 9.17) is 0 Å². The van der Waals surface area contributed by atoms with Crippen LogP contribution in [0.25, 0.3) is 0 Å². The number of carboxylic acid groups (broad SMARTS) is 1. The second kappa shape index (κ2) is 6.78. The zero-order valence-corrected chi connectivity index (χ0v) is 15.1. The number of sulfone groups is 1. The zero-order chi connectivity index (χ0) is 18.2. The van der Waals surface area contributed by atoms with Gasteiger partial charge in [-0.05, 0) is 24.5 Å². The number of carboxylic acids is 1. The van der Waals surface area contributed by atoms with Gasteiger partial charge in [0.2, 0.25) is 0 Å². The Balaban J connectivity index is 1.89. The second-order valence-corrected chi connectivity index (χ2v) is 9.07. The molecule has 1 amide bonds. The van der Waals surface area contributed by atoms with Gasteiger partial charge in [0.15, 0.2) is 9.84 Å². The molecule has 1 aromatic carbocycles. The molecule has 25 heavy (non-hydrogen) atoms. The number of fused-ring (bicyclic) bond motifs is 1. The number of carbonyl (C=O) groups is 2. The van der Waals surface area contributed by atoms with Gasteiger partial charge < -0.3 is 10.0 Å². The van der Waals surface area contributed by atoms with Crippen LogP contribution in [0.15, 0.2) is 23.1 Å². The summed E-state index contributed by atoms with van der Waals surface area (Å²) >= 11 is 0. The van der Waals surface area contributed by atoms with E-state index in [-0.39, 0.29) is 17.3 Å². The summed E-state index contributed by atoms with van der Waals surface area (Å²) in [4.78, 5) is 26.0. The molecule has 1 aromatic rings. The first kappa shape index (κ1) is 17.9. The van der Waals surface area contributed by atoms with Crippen molar-refractivity contribution >= 4 is 21.7 Å². The van der Waals surface area contributed by atoms with Crippen LogP contribution >= 0.6 is 0 Å². The molecule has 7 heteroatoms. The average molecular weight is 365 g/mol. The summed E-state index contributed by atoms with van der Waals surface area (Å²) in [6.07, 6.45) is 6.91. The number of carbonyl (C=O) groups excluding carboxylic acids is 1. The SMILES string of the molecule is CS(=O)(=O)c1cccc2c1CN(C(CC1CCCCC1)C(=O)O)C2=O. The number of hydrogen-bond acceptors (Lipinski definition) is 4. The van der Waals surface area contributed by atoms with Gasteiger partial charge in [-0.3, -0.25) is 4.79 Å². The van der Waals surface area contributed by atoms with Crippen LogP contribution in [0.5, 0.6) is 0 Å². The van der Waals surface area contributed by atoms with Crippen molar-refractivity contribution in [3.63, 3.8) is 0 Å². The molecular weight excluding hydrogens is 342 g/mol. The highest BCUT2D eigenvalue weighted by Gasteiger charge is 2.39. The lowest BCUT2D eigenvalue weighted by Crippen LogP contribution is -2.42. The predicted molar refractivity (Wildman–Crippen MR) is 92.0 cm³/mol. The predicted octanol–water partition coefficient (Wildman–Crippen LogP) is 2.47. The molecule has 1 fully saturated rings. The van der Waals surface area contributed by atoms with E-state index in [1.165, 1.54) is 23.5 Å². The quantitative estimate of drug-likeness (QED) is 0.865. The Kier molecular flexibility index (Phi) is 4.86. The van der Waals surface area contributed by atoms with E-state index in [2.05, 4.69) is 0 Å². The minimum atomic E-state index is -3.47. The Morgan fingerprint density at radius 1 is 1.28 bits per heavy atom. The van der Waals surface area contributed by atoms with Crippen molar-refractivity contribution in [1.29, 1.82) is 0 Å². The van der Waals surface area contributed by atoms with Crippen molar-refractivity contribution < 1.29 is 23.1 Å². The van der Waals surface area contributed by atoms with Crippen LogP contribution in [0, 0.1) is 5.92 Å². The van der Waals surface area contributed by atoms with E-state index in [9.17, 15) is 23.1 Å². The average Bonchev–Trinajstić information content (AvgIpc) is 2.89. The Morgan fingerprint density at radius 3 is 2.56 bits per heavy atom. The maximum atomic E-state index is 12.7. The fraction of sp³-hybridized carbons (Fsp3) is 0.556. The van der Waals surface area contributed by atoms with Crippen molar-refractivity contribution in [2.45, 2.75) is 56.0 Å². The highest BCUT2D eigenvalue weighted by molar-refractivity contribution is 7.90. The summed E-state index contributed by atoms with van der Waals surface area (Å²) in [7, 11) is -3.47. The molecule has 136 valence electrons. The molecule has 0 bridgehead atoms. The molecular formula is C18H23NO5S. The molecule has 1 aliphatic carbocycles. The Morgan fingerprint density at radius 2 is 1.96 bits per heavy atom. The molecule has 1 atom stereocenters. The van der Waals surface area contributed by atoms with Gasteiger partial charge in [-0.15, -0.1) is 0 Å². The van der Waals surface area contributed by atoms with Crippen molar-refractivity contribution in [1.82, 2.24) is 4.90 Å². The number of rotatable bonds is 5. The monoisotopic (exact) mass is 365 g/mol. The maximum Gasteiger partial charge on any atom is 0.326 e. The van der Waals surface area contributed by atoms with Crippen molar-refractivity contribution in [2.24, 2.45) is 5.92 Å². The van der Waals surface area contributed by atoms with Crippen LogP contribution in [0.3, 0.4) is 0 Å². The summed E-state index contributed by atoms with van der Waals surface area (Å²) in [6.45, 7) is 0.0428. The number of benzene rings is 1. The van der Waals surface area contributed by atoms with Gasteiger partial charge in [-0.25, -0.2) is 13.2 Å². The largest absolute Gasteiger partial charge is 0.480 e. The number of amides is 1. The summed E-state index contributed by atoms with van der Waals surface area (Å²) in [5, 5.41) is 9.68. The number of aliphatic carboxylic acids is 1. The molecule has 0 radical (unpaired) electrons. The molecule has 0 spiro atoms. The first-order valence-corrected chi connectivity index (χ1v) is 10.5. The van der Waals surface area contributed by atoms with E-state index in [0.29, 0.717) is 23.5 Å². The molecule has 1 aliphatic heterocycles. The lowest BCUT2D eigenvalue weighted by molar-refractivity contribution is -0.143. The van der Waals surface area contributed by atoms with Crippen molar-refractivity contribution in [3.8, 4) is 0 Å². The topological polar surface area (TPSA) is 91.8 Å². The van der Waals surface area contributed by atoms with Gasteiger partial charge in [0, 0.05) is 23.9 Å². The van der Waals surface area contributed by atoms with Crippen LogP contribution in [-0.4, -0.2) is 42.6 Å². The minimum absolute atomic E-state index is 0.0428. The van der Waals surface area contributed by atoms with Crippen LogP contribution in [0.1, 0.15) is 54.4 Å². The van der Waals surface area contributed by atoms with Crippen LogP contribution in [0.2, 0.25) is 0 Å². The van der Waals surface area contributed by atoms with Crippen molar-refractivity contribution in [3.05, 3.63) is 29.3 Å². The third-order valence-electron chi connectivity index (χ3n) is 5.29. The third kappa shape index (κ3) is 3.56. The van der Waals surface area contributed by atoms with Gasteiger partial charge in [0.25, 0.3) is 5.91 Å². The Hall–Kier alpha value is -1.89. The fourth-order valence-corrected chi connectivity index (χ4v) is 4.97. The molecule has 1 unspecified atom stereocenters. The molecule has 1 saturated carbocycles. The number of hydrogen-bond donors (Lipinski definition) is 1. The highest BCUT2D eigenvalue weighted by Crippen LogP contribution is 2.34. The molecule has 0 saturated heterocycles. The van der Waals surface area contributed by atoms with E-state index in [0.717, 1.165) is 31.9 Å². The molecule has 0 aromatic heterocycles. The standard InChI is InChI=1S/C18H23NO5S/c1-25(23,24)16-9-5-8-13-14(16)11-19(17(13)20)15(18(21)22)10-12-6-3-2-4-7-12/h5,8-9,12,15H,2-4,6-7,10-11H2,1H3,(H,21,22). The summed E-state index contributed by atoms with van der Waals surface area (Å²) in [5.41, 5.74) is 0.725. The van der Waals surface area contributed by atoms with Gasteiger partial charge in [0.05, 0.1) is 4.90 Å². The van der Waals surface area contributed by atoms with E-state index in [1.54, 1.807) is 6.07 Å². The van der Waals surface area contributed by atoms with Gasteiger partial charge in [-0.2, -0.15) is 0 Å². The van der Waals surface area contributed by atoms with Crippen LogP contribution in [-0.2, 0) is 21.2 Å². The lowest BCUT2D eigenvalue weighted by atomic mass is 9.84. The van der Waals surface area contributed by atoms with Crippen LogP contribution < -0.4 is 0 Å². The minimum Gasteiger partial charge on any atom is -0.480 e. The molecule has 1 N–H and O–H groups in total. The van der Waals surface area contributed by atoms with E-state index >= 15 is 0 Å². The molecule has 3 rings (SSSR count). The first-order valence-electron chi connectivity index (χ1n) is 8.64. The van der Waals surface area contributed by atoms with Gasteiger partial charge >= 0.3 is 5.97 Å². The Labute approximate surface area is 147 Å². The number of nitrogens with zero attached hydrogens (tertiary/aromatic N) is 1. The first-order chi connectivity index (χ1) is 11.8. The smallest absolute Gasteiger partial charge is 0.326 e. The molecule has 1 heterocycles. The summed E-state index contributed by atoms with van der Waals surface area (Å²) in [5.74, 6) is -1.10. The maximum absolute atomic E-state index is 12.7. The Bertz CT molecular complexity index is 796. The van der Waals surface area contributed by atoms with E-state index < -0.39 is 21.8 Å². The van der Waals surface area contributed by atoms with Crippen molar-refractivity contribution in [2.75, 3.05) is 6.26 Å². The van der Waals surface area contributed by atoms with E-state index in [1.807, 2.05) is 0 Å². The highest BCUT2D eigenvalue weighted by atomic mass is 32.2. The van der Waals surface area contributed by atoms with Gasteiger partial charge in [0.1, 0.15) is 6.04 Å². The second-order valence-electron chi connectivity index (χ2n) is 7.08. The van der Waals surface area contributed by atoms with Crippen LogP contribution in [0.4, 0.5) is 0 Å². The zero-order valence-electron chi connectivity index (χ0n) is 14.3. The fourth-order valence-electron chi connectivity index (χ4n) is 4.03.